The topological polar surface area (TPSA) is 9.86 Å². The van der Waals surface area contributed by atoms with Crippen LogP contribution in [0.15, 0.2) is 133 Å². The van der Waals surface area contributed by atoms with Gasteiger partial charge in [-0.1, -0.05) is 109 Å². The summed E-state index contributed by atoms with van der Waals surface area (Å²) in [6.07, 6.45) is 0. The Morgan fingerprint density at radius 3 is 1.10 bits per heavy atom. The predicted octanol–water partition coefficient (Wildman–Crippen LogP) is 12.6. The van der Waals surface area contributed by atoms with E-state index in [1.54, 1.807) is 0 Å². The van der Waals surface area contributed by atoms with Crippen molar-refractivity contribution in [2.24, 2.45) is 0 Å². The van der Waals surface area contributed by atoms with Crippen molar-refractivity contribution >= 4 is 75.7 Å². The second-order valence-electron chi connectivity index (χ2n) is 13.4. The standard InChI is InChI=1S/C46H34N2/c1-27-29(3)47(35-23-21-31-13-5-7-15-33(31)25-35)45-39-19-11-10-18-38(39)44-42-28(2)30(4)48(36-24-22-32-14-6-8-16-34(32)26-36)46(42)40-20-12-9-17-37(40)43(44)41(27)45/h5-26H,1-4H3. The first kappa shape index (κ1) is 27.3. The molecule has 0 saturated heterocycles. The Morgan fingerprint density at radius 2 is 0.688 bits per heavy atom. The maximum atomic E-state index is 2.51. The van der Waals surface area contributed by atoms with E-state index in [0.29, 0.717) is 0 Å². The average Bonchev–Trinajstić information content (AvgIpc) is 3.55. The minimum Gasteiger partial charge on any atom is -0.313 e. The SMILES string of the molecule is Cc1c(C)n(-c2ccc3ccccc3c2)c2c3ccccc3c3c4c(C)c(C)n(-c5ccc6ccccc6c5)c4c4ccccc4c3c12. The highest BCUT2D eigenvalue weighted by molar-refractivity contribution is 6.40. The molecule has 0 unspecified atom stereocenters. The van der Waals surface area contributed by atoms with Crippen LogP contribution in [0.4, 0.5) is 0 Å². The first-order valence-corrected chi connectivity index (χ1v) is 16.9. The van der Waals surface area contributed by atoms with Gasteiger partial charge < -0.3 is 9.13 Å². The van der Waals surface area contributed by atoms with Gasteiger partial charge in [-0.05, 0) is 95.4 Å². The molecule has 10 aromatic rings. The van der Waals surface area contributed by atoms with E-state index < -0.39 is 0 Å². The molecule has 2 heterocycles. The second-order valence-corrected chi connectivity index (χ2v) is 13.4. The van der Waals surface area contributed by atoms with Crippen molar-refractivity contribution in [1.82, 2.24) is 9.13 Å². The third kappa shape index (κ3) is 3.52. The number of hydrogen-bond donors (Lipinski definition) is 0. The molecule has 0 aliphatic carbocycles. The van der Waals surface area contributed by atoms with Crippen LogP contribution < -0.4 is 0 Å². The van der Waals surface area contributed by atoms with E-state index in [0.717, 1.165) is 0 Å². The number of rotatable bonds is 2. The van der Waals surface area contributed by atoms with Crippen LogP contribution in [-0.4, -0.2) is 9.13 Å². The molecule has 0 spiro atoms. The first-order chi connectivity index (χ1) is 23.5. The number of fused-ring (bicyclic) bond motifs is 13. The van der Waals surface area contributed by atoms with Crippen LogP contribution in [0.25, 0.3) is 87.0 Å². The minimum atomic E-state index is 1.20. The zero-order chi connectivity index (χ0) is 32.3. The van der Waals surface area contributed by atoms with Crippen LogP contribution in [0, 0.1) is 27.7 Å². The maximum absolute atomic E-state index is 2.51. The van der Waals surface area contributed by atoms with Crippen LogP contribution in [0.2, 0.25) is 0 Å². The molecule has 0 aliphatic heterocycles. The number of aryl methyl sites for hydroxylation is 2. The molecule has 0 fully saturated rings. The Kier molecular flexibility index (Phi) is 5.58. The monoisotopic (exact) mass is 614 g/mol. The van der Waals surface area contributed by atoms with E-state index in [-0.39, 0.29) is 0 Å². The van der Waals surface area contributed by atoms with Gasteiger partial charge in [-0.15, -0.1) is 0 Å². The van der Waals surface area contributed by atoms with Crippen LogP contribution >= 0.6 is 0 Å². The van der Waals surface area contributed by atoms with E-state index >= 15 is 0 Å². The van der Waals surface area contributed by atoms with Gasteiger partial charge in [-0.3, -0.25) is 0 Å². The molecule has 10 rings (SSSR count). The van der Waals surface area contributed by atoms with E-state index in [9.17, 15) is 0 Å². The van der Waals surface area contributed by atoms with Gasteiger partial charge >= 0.3 is 0 Å². The lowest BCUT2D eigenvalue weighted by Crippen LogP contribution is -1.98. The number of hydrogen-bond acceptors (Lipinski definition) is 0. The number of benzene rings is 8. The largest absolute Gasteiger partial charge is 0.313 e. The normalized spacial score (nSPS) is 12.2. The molecule has 2 heteroatoms. The van der Waals surface area contributed by atoms with Crippen molar-refractivity contribution in [1.29, 1.82) is 0 Å². The van der Waals surface area contributed by atoms with Crippen molar-refractivity contribution in [3.8, 4) is 11.4 Å². The average molecular weight is 615 g/mol. The quantitative estimate of drug-likeness (QED) is 0.171. The maximum Gasteiger partial charge on any atom is 0.0619 e. The van der Waals surface area contributed by atoms with Crippen LogP contribution in [0.5, 0.6) is 0 Å². The fraction of sp³-hybridized carbons (Fsp3) is 0.0870. The minimum absolute atomic E-state index is 1.20. The first-order valence-electron chi connectivity index (χ1n) is 16.9. The van der Waals surface area contributed by atoms with Crippen molar-refractivity contribution < 1.29 is 0 Å². The lowest BCUT2D eigenvalue weighted by atomic mass is 9.89. The third-order valence-corrected chi connectivity index (χ3v) is 11.1. The van der Waals surface area contributed by atoms with Crippen molar-refractivity contribution in [2.75, 3.05) is 0 Å². The van der Waals surface area contributed by atoms with Gasteiger partial charge in [-0.25, -0.2) is 0 Å². The summed E-state index contributed by atoms with van der Waals surface area (Å²) in [7, 11) is 0. The van der Waals surface area contributed by atoms with Gasteiger partial charge in [-0.2, -0.15) is 0 Å². The number of nitrogens with zero attached hydrogens (tertiary/aromatic N) is 2. The third-order valence-electron chi connectivity index (χ3n) is 11.1. The molecule has 0 atom stereocenters. The molecule has 228 valence electrons. The smallest absolute Gasteiger partial charge is 0.0619 e. The highest BCUT2D eigenvalue weighted by Gasteiger charge is 2.26. The zero-order valence-corrected chi connectivity index (χ0v) is 27.6. The molecule has 0 amide bonds. The summed E-state index contributed by atoms with van der Waals surface area (Å²) < 4.78 is 5.02. The molecule has 0 saturated carbocycles. The summed E-state index contributed by atoms with van der Waals surface area (Å²) >= 11 is 0. The van der Waals surface area contributed by atoms with Gasteiger partial charge in [0, 0.05) is 55.1 Å². The molecule has 8 aromatic carbocycles. The van der Waals surface area contributed by atoms with E-state index in [2.05, 4.69) is 170 Å². The molecular weight excluding hydrogens is 581 g/mol. The van der Waals surface area contributed by atoms with E-state index in [1.807, 2.05) is 0 Å². The van der Waals surface area contributed by atoms with Gasteiger partial charge in [0.05, 0.1) is 11.0 Å². The summed E-state index contributed by atoms with van der Waals surface area (Å²) in [6.45, 7) is 9.22. The molecule has 0 aliphatic rings. The summed E-state index contributed by atoms with van der Waals surface area (Å²) in [4.78, 5) is 0. The molecule has 0 radical (unpaired) electrons. The highest BCUT2D eigenvalue weighted by Crippen LogP contribution is 2.49. The van der Waals surface area contributed by atoms with Gasteiger partial charge in [0.15, 0.2) is 0 Å². The molecule has 0 N–H and O–H groups in total. The van der Waals surface area contributed by atoms with Crippen molar-refractivity contribution in [3.63, 3.8) is 0 Å². The van der Waals surface area contributed by atoms with Gasteiger partial charge in [0.2, 0.25) is 0 Å². The Bertz CT molecular complexity index is 2780. The molecule has 2 aromatic heterocycles. The van der Waals surface area contributed by atoms with Crippen LogP contribution in [0.3, 0.4) is 0 Å². The lowest BCUT2D eigenvalue weighted by molar-refractivity contribution is 1.05. The van der Waals surface area contributed by atoms with Crippen molar-refractivity contribution in [2.45, 2.75) is 27.7 Å². The predicted molar refractivity (Wildman–Crippen MR) is 207 cm³/mol. The second kappa shape index (κ2) is 9.82. The molecule has 48 heavy (non-hydrogen) atoms. The number of aromatic nitrogens is 2. The summed E-state index contributed by atoms with van der Waals surface area (Å²) in [5, 5.41) is 15.6. The zero-order valence-electron chi connectivity index (χ0n) is 27.6. The fourth-order valence-corrected chi connectivity index (χ4v) is 8.61. The van der Waals surface area contributed by atoms with Gasteiger partial charge in [0.1, 0.15) is 0 Å². The highest BCUT2D eigenvalue weighted by atomic mass is 15.0. The summed E-state index contributed by atoms with van der Waals surface area (Å²) in [5.41, 5.74) is 10.2. The molecular formula is C46H34N2. The summed E-state index contributed by atoms with van der Waals surface area (Å²) in [6, 6.07) is 49.3. The Labute approximate surface area is 279 Å². The summed E-state index contributed by atoms with van der Waals surface area (Å²) in [5.74, 6) is 0. The Balaban J connectivity index is 1.44. The van der Waals surface area contributed by atoms with Crippen molar-refractivity contribution in [3.05, 3.63) is 156 Å². The molecule has 2 nitrogen and oxygen atoms in total. The Hall–Kier alpha value is -5.86. The lowest BCUT2D eigenvalue weighted by Gasteiger charge is -2.17. The Morgan fingerprint density at radius 1 is 0.333 bits per heavy atom. The van der Waals surface area contributed by atoms with Crippen LogP contribution in [-0.2, 0) is 0 Å². The fourth-order valence-electron chi connectivity index (χ4n) is 8.61. The van der Waals surface area contributed by atoms with E-state index in [1.165, 1.54) is 110 Å². The van der Waals surface area contributed by atoms with E-state index in [4.69, 9.17) is 0 Å². The van der Waals surface area contributed by atoms with Gasteiger partial charge in [0.25, 0.3) is 0 Å². The van der Waals surface area contributed by atoms with Crippen LogP contribution in [0.1, 0.15) is 22.5 Å². The molecule has 0 bridgehead atoms.